The minimum atomic E-state index is -0.386. The van der Waals surface area contributed by atoms with E-state index in [1.165, 1.54) is 6.07 Å². The van der Waals surface area contributed by atoms with Crippen molar-refractivity contribution in [3.63, 3.8) is 0 Å². The van der Waals surface area contributed by atoms with Gasteiger partial charge in [-0.15, -0.1) is 5.10 Å². The zero-order chi connectivity index (χ0) is 17.9. The largest absolute Gasteiger partial charge is 0.355 e. The number of fused-ring (bicyclic) bond motifs is 1. The minimum absolute atomic E-state index is 0.0847. The smallest absolute Gasteiger partial charge is 0.270 e. The molecule has 2 aromatic heterocycles. The Balaban J connectivity index is 1.54. The van der Waals surface area contributed by atoms with Crippen molar-refractivity contribution < 1.29 is 4.92 Å². The highest BCUT2D eigenvalue weighted by Crippen LogP contribution is 2.23. The Labute approximate surface area is 150 Å². The van der Waals surface area contributed by atoms with Crippen molar-refractivity contribution in [3.8, 4) is 0 Å². The van der Waals surface area contributed by atoms with Crippen LogP contribution in [-0.2, 0) is 0 Å². The number of pyridine rings is 1. The van der Waals surface area contributed by atoms with Gasteiger partial charge in [0.15, 0.2) is 5.82 Å². The average molecular weight is 350 g/mol. The minimum Gasteiger partial charge on any atom is -0.355 e. The van der Waals surface area contributed by atoms with Gasteiger partial charge in [0.1, 0.15) is 5.82 Å². The van der Waals surface area contributed by atoms with Gasteiger partial charge in [-0.25, -0.2) is 4.98 Å². The molecule has 8 heteroatoms. The molecule has 0 spiro atoms. The number of nitro benzene ring substituents is 1. The molecule has 1 aliphatic heterocycles. The highest BCUT2D eigenvalue weighted by molar-refractivity contribution is 5.82. The third kappa shape index (κ3) is 3.26. The lowest BCUT2D eigenvalue weighted by atomic mass is 10.2. The molecule has 0 atom stereocenters. The van der Waals surface area contributed by atoms with E-state index in [4.69, 9.17) is 4.98 Å². The van der Waals surface area contributed by atoms with Gasteiger partial charge in [-0.3, -0.25) is 10.1 Å². The first-order valence-electron chi connectivity index (χ1n) is 8.53. The van der Waals surface area contributed by atoms with Crippen molar-refractivity contribution in [1.82, 2.24) is 15.2 Å². The van der Waals surface area contributed by atoms with Crippen LogP contribution in [0.15, 0.2) is 48.7 Å². The number of nitro groups is 1. The molecule has 26 heavy (non-hydrogen) atoms. The van der Waals surface area contributed by atoms with E-state index < -0.39 is 0 Å². The second kappa shape index (κ2) is 6.91. The lowest BCUT2D eigenvalue weighted by Gasteiger charge is -2.23. The van der Waals surface area contributed by atoms with E-state index in [0.717, 1.165) is 55.1 Å². The summed E-state index contributed by atoms with van der Waals surface area (Å²) in [5.74, 6) is 1.79. The summed E-state index contributed by atoms with van der Waals surface area (Å²) in [6, 6.07) is 12.5. The molecule has 1 aliphatic rings. The van der Waals surface area contributed by atoms with Crippen molar-refractivity contribution in [2.24, 2.45) is 0 Å². The van der Waals surface area contributed by atoms with Crippen molar-refractivity contribution in [2.45, 2.75) is 6.42 Å². The van der Waals surface area contributed by atoms with Gasteiger partial charge in [-0.2, -0.15) is 5.10 Å². The molecular formula is C18H18N6O2. The van der Waals surface area contributed by atoms with Crippen molar-refractivity contribution in [1.29, 1.82) is 0 Å². The van der Waals surface area contributed by atoms with E-state index >= 15 is 0 Å². The van der Waals surface area contributed by atoms with Crippen LogP contribution in [0.25, 0.3) is 10.9 Å². The van der Waals surface area contributed by atoms with Crippen LogP contribution in [0.3, 0.4) is 0 Å². The Kier molecular flexibility index (Phi) is 4.30. The number of benzene rings is 1. The number of aromatic nitrogens is 3. The second-order valence-electron chi connectivity index (χ2n) is 6.21. The Morgan fingerprint density at radius 3 is 2.50 bits per heavy atom. The number of nitrogens with zero attached hydrogens (tertiary/aromatic N) is 6. The normalized spacial score (nSPS) is 15.1. The van der Waals surface area contributed by atoms with Gasteiger partial charge in [0.25, 0.3) is 5.69 Å². The summed E-state index contributed by atoms with van der Waals surface area (Å²) >= 11 is 0. The quantitative estimate of drug-likeness (QED) is 0.530. The zero-order valence-corrected chi connectivity index (χ0v) is 14.2. The number of hydrogen-bond donors (Lipinski definition) is 0. The summed E-state index contributed by atoms with van der Waals surface area (Å²) in [5.41, 5.74) is 0.851. The predicted octanol–water partition coefficient (Wildman–Crippen LogP) is 2.65. The first-order valence-corrected chi connectivity index (χ1v) is 8.53. The van der Waals surface area contributed by atoms with Crippen LogP contribution in [0.1, 0.15) is 6.42 Å². The Morgan fingerprint density at radius 1 is 0.962 bits per heavy atom. The topological polar surface area (TPSA) is 88.3 Å². The Hall–Kier alpha value is -3.29. The summed E-state index contributed by atoms with van der Waals surface area (Å²) in [6.07, 6.45) is 2.67. The van der Waals surface area contributed by atoms with Crippen LogP contribution in [0.4, 0.5) is 17.3 Å². The molecule has 132 valence electrons. The first kappa shape index (κ1) is 16.2. The lowest BCUT2D eigenvalue weighted by Crippen LogP contribution is -2.31. The predicted molar refractivity (Wildman–Crippen MR) is 99.5 cm³/mol. The third-order valence-electron chi connectivity index (χ3n) is 4.57. The van der Waals surface area contributed by atoms with E-state index in [1.807, 2.05) is 24.3 Å². The second-order valence-corrected chi connectivity index (χ2v) is 6.21. The maximum absolute atomic E-state index is 10.9. The van der Waals surface area contributed by atoms with Gasteiger partial charge in [0.2, 0.25) is 0 Å². The van der Waals surface area contributed by atoms with Crippen LogP contribution in [0.2, 0.25) is 0 Å². The van der Waals surface area contributed by atoms with Gasteiger partial charge in [0, 0.05) is 49.9 Å². The Morgan fingerprint density at radius 2 is 1.77 bits per heavy atom. The number of hydrogen-bond acceptors (Lipinski definition) is 7. The van der Waals surface area contributed by atoms with E-state index in [9.17, 15) is 10.1 Å². The molecule has 1 saturated heterocycles. The lowest BCUT2D eigenvalue weighted by molar-refractivity contribution is -0.384. The molecule has 1 fully saturated rings. The average Bonchev–Trinajstić information content (AvgIpc) is 2.94. The molecule has 0 N–H and O–H groups in total. The van der Waals surface area contributed by atoms with E-state index in [0.29, 0.717) is 0 Å². The standard InChI is InChI=1S/C18H18N6O2/c25-24(26)15-5-6-16-14(13-15)4-7-17(20-16)22-9-2-10-23(12-11-22)18-3-1-8-19-21-18/h1,3-8,13H,2,9-12H2. The maximum Gasteiger partial charge on any atom is 0.270 e. The monoisotopic (exact) mass is 350 g/mol. The summed E-state index contributed by atoms with van der Waals surface area (Å²) in [5, 5.41) is 19.8. The van der Waals surface area contributed by atoms with Crippen LogP contribution in [0.5, 0.6) is 0 Å². The molecule has 3 aromatic rings. The molecule has 0 amide bonds. The van der Waals surface area contributed by atoms with Crippen LogP contribution >= 0.6 is 0 Å². The fourth-order valence-electron chi connectivity index (χ4n) is 3.23. The molecule has 0 bridgehead atoms. The molecular weight excluding hydrogens is 332 g/mol. The van der Waals surface area contributed by atoms with Crippen molar-refractivity contribution in [3.05, 3.63) is 58.8 Å². The maximum atomic E-state index is 10.9. The summed E-state index contributed by atoms with van der Waals surface area (Å²) in [7, 11) is 0. The van der Waals surface area contributed by atoms with Gasteiger partial charge < -0.3 is 9.80 Å². The molecule has 0 saturated carbocycles. The van der Waals surface area contributed by atoms with Gasteiger partial charge in [0.05, 0.1) is 10.4 Å². The van der Waals surface area contributed by atoms with E-state index in [1.54, 1.807) is 18.3 Å². The molecule has 1 aromatic carbocycles. The van der Waals surface area contributed by atoms with Crippen molar-refractivity contribution in [2.75, 3.05) is 36.0 Å². The first-order chi connectivity index (χ1) is 12.7. The molecule has 8 nitrogen and oxygen atoms in total. The SMILES string of the molecule is O=[N+]([O-])c1ccc2nc(N3CCCN(c4cccnn4)CC3)ccc2c1. The summed E-state index contributed by atoms with van der Waals surface area (Å²) in [4.78, 5) is 19.7. The van der Waals surface area contributed by atoms with E-state index in [2.05, 4.69) is 20.0 Å². The van der Waals surface area contributed by atoms with Crippen LogP contribution in [-0.4, -0.2) is 46.3 Å². The van der Waals surface area contributed by atoms with Crippen molar-refractivity contribution >= 4 is 28.2 Å². The molecule has 4 rings (SSSR count). The zero-order valence-electron chi connectivity index (χ0n) is 14.2. The van der Waals surface area contributed by atoms with E-state index in [-0.39, 0.29) is 10.6 Å². The highest BCUT2D eigenvalue weighted by Gasteiger charge is 2.18. The Bertz CT molecular complexity index is 933. The fourth-order valence-corrected chi connectivity index (χ4v) is 3.23. The van der Waals surface area contributed by atoms with Crippen LogP contribution in [0, 0.1) is 10.1 Å². The molecule has 0 radical (unpaired) electrons. The molecule has 0 aliphatic carbocycles. The number of anilines is 2. The molecule has 0 unspecified atom stereocenters. The third-order valence-corrected chi connectivity index (χ3v) is 4.57. The van der Waals surface area contributed by atoms with Gasteiger partial charge in [-0.05, 0) is 36.8 Å². The molecule has 3 heterocycles. The highest BCUT2D eigenvalue weighted by atomic mass is 16.6. The number of non-ortho nitro benzene ring substituents is 1. The van der Waals surface area contributed by atoms with Gasteiger partial charge >= 0.3 is 0 Å². The summed E-state index contributed by atoms with van der Waals surface area (Å²) in [6.45, 7) is 3.51. The summed E-state index contributed by atoms with van der Waals surface area (Å²) < 4.78 is 0. The van der Waals surface area contributed by atoms with Crippen LogP contribution < -0.4 is 9.80 Å². The fraction of sp³-hybridized carbons (Fsp3) is 0.278. The van der Waals surface area contributed by atoms with Gasteiger partial charge in [-0.1, -0.05) is 0 Å². The number of rotatable bonds is 3.